The van der Waals surface area contributed by atoms with Gasteiger partial charge in [-0.05, 0) is 50.6 Å². The SMILES string of the molecule is CC(C)n1ncc2c(C(=O)N[C@H]3CC[C@@H](C(=O)O)C3)cc(-c3cccs3)nc21. The Hall–Kier alpha value is -2.74. The van der Waals surface area contributed by atoms with Crippen molar-refractivity contribution in [3.63, 3.8) is 0 Å². The second kappa shape index (κ2) is 7.35. The number of hydrogen-bond donors (Lipinski definition) is 2. The van der Waals surface area contributed by atoms with Crippen molar-refractivity contribution in [3.05, 3.63) is 35.3 Å². The summed E-state index contributed by atoms with van der Waals surface area (Å²) < 4.78 is 1.82. The summed E-state index contributed by atoms with van der Waals surface area (Å²) in [6.07, 6.45) is 3.43. The molecule has 1 aliphatic rings. The average molecular weight is 398 g/mol. The van der Waals surface area contributed by atoms with E-state index < -0.39 is 5.97 Å². The number of rotatable bonds is 5. The fourth-order valence-corrected chi connectivity index (χ4v) is 4.42. The normalized spacial score (nSPS) is 19.4. The molecule has 0 saturated heterocycles. The first-order valence-corrected chi connectivity index (χ1v) is 10.3. The quantitative estimate of drug-likeness (QED) is 0.683. The molecular weight excluding hydrogens is 376 g/mol. The van der Waals surface area contributed by atoms with Crippen molar-refractivity contribution in [2.45, 2.75) is 45.2 Å². The molecule has 0 aliphatic heterocycles. The standard InChI is InChI=1S/C20H22N4O3S/c1-11(2)24-18-15(10-21-24)14(9-16(23-18)17-4-3-7-28-17)19(25)22-13-6-5-12(8-13)20(26)27/h3-4,7,9-13H,5-6,8H2,1-2H3,(H,22,25)(H,26,27)/t12-,13+/m1/s1. The minimum absolute atomic E-state index is 0.116. The molecule has 146 valence electrons. The maximum Gasteiger partial charge on any atom is 0.306 e. The van der Waals surface area contributed by atoms with Crippen molar-refractivity contribution in [1.82, 2.24) is 20.1 Å². The van der Waals surface area contributed by atoms with E-state index in [0.717, 1.165) is 10.6 Å². The van der Waals surface area contributed by atoms with Gasteiger partial charge in [0.15, 0.2) is 5.65 Å². The van der Waals surface area contributed by atoms with Gasteiger partial charge in [-0.25, -0.2) is 9.67 Å². The van der Waals surface area contributed by atoms with Gasteiger partial charge in [0.25, 0.3) is 5.91 Å². The predicted molar refractivity (Wildman–Crippen MR) is 107 cm³/mol. The number of fused-ring (bicyclic) bond motifs is 1. The van der Waals surface area contributed by atoms with Crippen LogP contribution in [-0.2, 0) is 4.79 Å². The van der Waals surface area contributed by atoms with Gasteiger partial charge in [-0.15, -0.1) is 11.3 Å². The third kappa shape index (κ3) is 3.40. The molecule has 3 heterocycles. The predicted octanol–water partition coefficient (Wildman–Crippen LogP) is 3.72. The number of nitrogens with one attached hydrogen (secondary N) is 1. The van der Waals surface area contributed by atoms with Crippen LogP contribution in [0.1, 0.15) is 49.5 Å². The zero-order chi connectivity index (χ0) is 19.8. The van der Waals surface area contributed by atoms with E-state index in [0.29, 0.717) is 35.9 Å². The summed E-state index contributed by atoms with van der Waals surface area (Å²) >= 11 is 1.57. The first-order chi connectivity index (χ1) is 13.4. The minimum atomic E-state index is -0.791. The molecule has 0 radical (unpaired) electrons. The van der Waals surface area contributed by atoms with E-state index in [1.807, 2.05) is 36.0 Å². The third-order valence-corrected chi connectivity index (χ3v) is 6.08. The van der Waals surface area contributed by atoms with Gasteiger partial charge in [0.1, 0.15) is 0 Å². The molecule has 0 bridgehead atoms. The minimum Gasteiger partial charge on any atom is -0.481 e. The lowest BCUT2D eigenvalue weighted by molar-refractivity contribution is -0.141. The number of carbonyl (C=O) groups excluding carboxylic acids is 1. The Morgan fingerprint density at radius 1 is 1.36 bits per heavy atom. The molecule has 1 fully saturated rings. The molecule has 1 saturated carbocycles. The number of carboxylic acid groups (broad SMARTS) is 1. The summed E-state index contributed by atoms with van der Waals surface area (Å²) in [5, 5.41) is 19.3. The van der Waals surface area contributed by atoms with Crippen LogP contribution in [0, 0.1) is 5.92 Å². The van der Waals surface area contributed by atoms with Crippen molar-refractivity contribution < 1.29 is 14.7 Å². The molecule has 4 rings (SSSR count). The van der Waals surface area contributed by atoms with Crippen LogP contribution in [0.4, 0.5) is 0 Å². The molecule has 7 nitrogen and oxygen atoms in total. The molecule has 3 aromatic heterocycles. The largest absolute Gasteiger partial charge is 0.481 e. The van der Waals surface area contributed by atoms with Crippen LogP contribution in [0.2, 0.25) is 0 Å². The second-order valence-electron chi connectivity index (χ2n) is 7.47. The molecule has 2 N–H and O–H groups in total. The third-order valence-electron chi connectivity index (χ3n) is 5.19. The second-order valence-corrected chi connectivity index (χ2v) is 8.42. The highest BCUT2D eigenvalue weighted by atomic mass is 32.1. The van der Waals surface area contributed by atoms with Crippen LogP contribution in [0.5, 0.6) is 0 Å². The molecule has 1 amide bonds. The average Bonchev–Trinajstić information content (AvgIpc) is 3.40. The molecule has 2 atom stereocenters. The number of hydrogen-bond acceptors (Lipinski definition) is 5. The van der Waals surface area contributed by atoms with Crippen LogP contribution >= 0.6 is 11.3 Å². The number of aliphatic carboxylic acids is 1. The highest BCUT2D eigenvalue weighted by molar-refractivity contribution is 7.13. The van der Waals surface area contributed by atoms with E-state index in [1.165, 1.54) is 0 Å². The van der Waals surface area contributed by atoms with Crippen LogP contribution in [-0.4, -0.2) is 37.8 Å². The van der Waals surface area contributed by atoms with Gasteiger partial charge in [0.2, 0.25) is 0 Å². The molecule has 0 spiro atoms. The highest BCUT2D eigenvalue weighted by Crippen LogP contribution is 2.30. The van der Waals surface area contributed by atoms with E-state index in [4.69, 9.17) is 4.98 Å². The first kappa shape index (κ1) is 18.6. The maximum atomic E-state index is 13.1. The van der Waals surface area contributed by atoms with Crippen LogP contribution in [0.15, 0.2) is 29.8 Å². The molecule has 0 unspecified atom stereocenters. The van der Waals surface area contributed by atoms with E-state index in [2.05, 4.69) is 10.4 Å². The number of thiophene rings is 1. The number of nitrogens with zero attached hydrogens (tertiary/aromatic N) is 3. The number of amides is 1. The Morgan fingerprint density at radius 2 is 2.18 bits per heavy atom. The lowest BCUT2D eigenvalue weighted by atomic mass is 10.1. The van der Waals surface area contributed by atoms with Crippen LogP contribution < -0.4 is 5.32 Å². The van der Waals surface area contributed by atoms with Gasteiger partial charge in [0, 0.05) is 12.1 Å². The topological polar surface area (TPSA) is 97.1 Å². The Labute approximate surface area is 166 Å². The molecule has 1 aliphatic carbocycles. The fraction of sp³-hybridized carbons (Fsp3) is 0.400. The Kier molecular flexibility index (Phi) is 4.89. The lowest BCUT2D eigenvalue weighted by Crippen LogP contribution is -2.33. The van der Waals surface area contributed by atoms with Crippen molar-refractivity contribution in [2.75, 3.05) is 0 Å². The number of carboxylic acids is 1. The van der Waals surface area contributed by atoms with E-state index in [1.54, 1.807) is 23.6 Å². The van der Waals surface area contributed by atoms with Crippen molar-refractivity contribution >= 4 is 34.2 Å². The van der Waals surface area contributed by atoms with E-state index in [-0.39, 0.29) is 23.9 Å². The van der Waals surface area contributed by atoms with Gasteiger partial charge < -0.3 is 10.4 Å². The fourth-order valence-electron chi connectivity index (χ4n) is 3.73. The van der Waals surface area contributed by atoms with Gasteiger partial charge in [-0.1, -0.05) is 6.07 Å². The van der Waals surface area contributed by atoms with Crippen molar-refractivity contribution in [1.29, 1.82) is 0 Å². The number of carbonyl (C=O) groups is 2. The van der Waals surface area contributed by atoms with Crippen LogP contribution in [0.25, 0.3) is 21.6 Å². The number of pyridine rings is 1. The summed E-state index contributed by atoms with van der Waals surface area (Å²) in [5.41, 5.74) is 1.95. The molecule has 28 heavy (non-hydrogen) atoms. The lowest BCUT2D eigenvalue weighted by Gasteiger charge is -2.14. The van der Waals surface area contributed by atoms with Crippen LogP contribution in [0.3, 0.4) is 0 Å². The summed E-state index contributed by atoms with van der Waals surface area (Å²) in [6.45, 7) is 4.05. The molecule has 8 heteroatoms. The summed E-state index contributed by atoms with van der Waals surface area (Å²) in [7, 11) is 0. The van der Waals surface area contributed by atoms with Gasteiger partial charge in [-0.2, -0.15) is 5.10 Å². The Balaban J connectivity index is 1.71. The molecule has 3 aromatic rings. The summed E-state index contributed by atoms with van der Waals surface area (Å²) in [5.74, 6) is -1.38. The van der Waals surface area contributed by atoms with Gasteiger partial charge in [0.05, 0.1) is 33.6 Å². The van der Waals surface area contributed by atoms with Crippen molar-refractivity contribution in [3.8, 4) is 10.6 Å². The Bertz CT molecular complexity index is 1030. The highest BCUT2D eigenvalue weighted by Gasteiger charge is 2.31. The van der Waals surface area contributed by atoms with E-state index in [9.17, 15) is 14.7 Å². The smallest absolute Gasteiger partial charge is 0.306 e. The van der Waals surface area contributed by atoms with Gasteiger partial charge in [-0.3, -0.25) is 9.59 Å². The monoisotopic (exact) mass is 398 g/mol. The molecule has 0 aromatic carbocycles. The number of aromatic nitrogens is 3. The van der Waals surface area contributed by atoms with E-state index >= 15 is 0 Å². The molecular formula is C20H22N4O3S. The zero-order valence-electron chi connectivity index (χ0n) is 15.8. The summed E-state index contributed by atoms with van der Waals surface area (Å²) in [4.78, 5) is 30.0. The first-order valence-electron chi connectivity index (χ1n) is 9.40. The van der Waals surface area contributed by atoms with Gasteiger partial charge >= 0.3 is 5.97 Å². The zero-order valence-corrected chi connectivity index (χ0v) is 16.6. The van der Waals surface area contributed by atoms with Crippen molar-refractivity contribution in [2.24, 2.45) is 5.92 Å². The Morgan fingerprint density at radius 3 is 2.82 bits per heavy atom. The maximum absolute atomic E-state index is 13.1. The summed E-state index contributed by atoms with van der Waals surface area (Å²) in [6, 6.07) is 5.73.